The molecule has 2 aliphatic rings. The summed E-state index contributed by atoms with van der Waals surface area (Å²) < 4.78 is 0. The highest BCUT2D eigenvalue weighted by molar-refractivity contribution is 5.96. The third-order valence-electron chi connectivity index (χ3n) is 15.3. The average molecular weight is 1050 g/mol. The second-order valence-corrected chi connectivity index (χ2v) is 27.6. The van der Waals surface area contributed by atoms with Crippen LogP contribution in [0.2, 0.25) is 0 Å². The van der Waals surface area contributed by atoms with Crippen LogP contribution in [0.25, 0.3) is 32.8 Å². The van der Waals surface area contributed by atoms with E-state index in [4.69, 9.17) is 9.98 Å². The standard InChI is InChI=1S/2C15H21N.C14H20N2.2C14H19N/c2*1-10(2)13-8-11-6-7-12(15(3,4)5)9-14(11)16-13;1-9(2)13-15-11-7-6-10(14(3,4)5)8-12(11)16-13;2*1-9(2)11-5-6-12-8-13(10(3)4)15-14(12)7-11/h2*6-7,9-10H,8H2,1-5H3;6-9H,1-5H3,(H,15,16);2*5-10,15H,1-4H3. The smallest absolute Gasteiger partial charge is 0.109 e. The highest BCUT2D eigenvalue weighted by Crippen LogP contribution is 2.36. The summed E-state index contributed by atoms with van der Waals surface area (Å²) >= 11 is 0. The number of hydrogen-bond acceptors (Lipinski definition) is 3. The molecule has 0 saturated carbocycles. The van der Waals surface area contributed by atoms with Gasteiger partial charge in [0.25, 0.3) is 0 Å². The Bertz CT molecular complexity index is 3140. The van der Waals surface area contributed by atoms with Gasteiger partial charge in [0.05, 0.1) is 22.4 Å². The lowest BCUT2D eigenvalue weighted by Gasteiger charge is -2.19. The van der Waals surface area contributed by atoms with Gasteiger partial charge in [-0.25, -0.2) is 4.98 Å². The molecule has 418 valence electrons. The van der Waals surface area contributed by atoms with Crippen molar-refractivity contribution in [3.63, 3.8) is 0 Å². The Morgan fingerprint density at radius 3 is 1.09 bits per heavy atom. The van der Waals surface area contributed by atoms with Crippen molar-refractivity contribution in [3.05, 3.63) is 159 Å². The van der Waals surface area contributed by atoms with E-state index in [2.05, 4.69) is 282 Å². The van der Waals surface area contributed by atoms with Crippen LogP contribution in [0.4, 0.5) is 11.4 Å². The van der Waals surface area contributed by atoms with E-state index in [1.807, 2.05) is 0 Å². The van der Waals surface area contributed by atoms with Crippen LogP contribution in [-0.2, 0) is 29.1 Å². The predicted molar refractivity (Wildman–Crippen MR) is 343 cm³/mol. The van der Waals surface area contributed by atoms with Crippen molar-refractivity contribution < 1.29 is 0 Å². The summed E-state index contributed by atoms with van der Waals surface area (Å²) in [5, 5.41) is 2.64. The lowest BCUT2D eigenvalue weighted by Crippen LogP contribution is -2.10. The molecule has 5 heterocycles. The minimum absolute atomic E-state index is 0.192. The third kappa shape index (κ3) is 15.8. The van der Waals surface area contributed by atoms with Gasteiger partial charge in [-0.15, -0.1) is 0 Å². The summed E-state index contributed by atoms with van der Waals surface area (Å²) in [6, 6.07) is 37.9. The molecule has 0 aliphatic carbocycles. The van der Waals surface area contributed by atoms with E-state index in [-0.39, 0.29) is 16.2 Å². The van der Waals surface area contributed by atoms with Gasteiger partial charge in [-0.2, -0.15) is 0 Å². The van der Waals surface area contributed by atoms with Crippen LogP contribution in [0.1, 0.15) is 245 Å². The zero-order valence-electron chi connectivity index (χ0n) is 52.6. The molecule has 0 fully saturated rings. The Hall–Kier alpha value is -6.01. The third-order valence-corrected chi connectivity index (χ3v) is 15.3. The fourth-order valence-corrected chi connectivity index (χ4v) is 9.46. The minimum Gasteiger partial charge on any atom is -0.358 e. The van der Waals surface area contributed by atoms with Gasteiger partial charge in [-0.3, -0.25) is 9.98 Å². The molecule has 2 aliphatic heterocycles. The van der Waals surface area contributed by atoms with Gasteiger partial charge in [0.1, 0.15) is 5.82 Å². The molecule has 6 nitrogen and oxygen atoms in total. The lowest BCUT2D eigenvalue weighted by atomic mass is 9.86. The first kappa shape index (κ1) is 61.2. The largest absolute Gasteiger partial charge is 0.358 e. The summed E-state index contributed by atoms with van der Waals surface area (Å²) in [5.74, 6) is 4.97. The van der Waals surface area contributed by atoms with Crippen molar-refractivity contribution in [1.29, 1.82) is 0 Å². The number of benzene rings is 5. The molecule has 0 atom stereocenters. The SMILES string of the molecule is CC(C)C1=Nc2cc(C(C)(C)C)ccc2C1.CC(C)C1=Nc2cc(C(C)(C)C)ccc2C1.CC(C)c1ccc2cc(C(C)C)[nH]c2c1.CC(C)c1ccc2cc(C(C)C)[nH]c2c1.CC(C)c1nc2ccc(C(C)(C)C)cc2[nH]1. The number of hydrogen-bond donors (Lipinski definition) is 3. The van der Waals surface area contributed by atoms with Crippen LogP contribution >= 0.6 is 0 Å². The molecule has 6 heteroatoms. The van der Waals surface area contributed by atoms with Gasteiger partial charge in [0.15, 0.2) is 0 Å². The van der Waals surface area contributed by atoms with Gasteiger partial charge < -0.3 is 15.0 Å². The van der Waals surface area contributed by atoms with E-state index in [9.17, 15) is 0 Å². The van der Waals surface area contributed by atoms with E-state index in [0.717, 1.165) is 29.7 Å². The summed E-state index contributed by atoms with van der Waals surface area (Å²) in [7, 11) is 0. The fraction of sp³-hybridized carbons (Fsp3) is 0.486. The van der Waals surface area contributed by atoms with Crippen LogP contribution in [-0.4, -0.2) is 31.4 Å². The summed E-state index contributed by atoms with van der Waals surface area (Å²) in [6.45, 7) is 51.1. The molecule has 8 aromatic rings. The van der Waals surface area contributed by atoms with Crippen LogP contribution in [0.3, 0.4) is 0 Å². The predicted octanol–water partition coefficient (Wildman–Crippen LogP) is 21.4. The first-order valence-corrected chi connectivity index (χ1v) is 29.5. The quantitative estimate of drug-likeness (QED) is 0.146. The number of fused-ring (bicyclic) bond motifs is 5. The normalized spacial score (nSPS) is 13.4. The first-order chi connectivity index (χ1) is 36.3. The summed E-state index contributed by atoms with van der Waals surface area (Å²) in [5.41, 5.74) is 22.7. The Labute approximate surface area is 472 Å². The van der Waals surface area contributed by atoms with Crippen molar-refractivity contribution >= 4 is 55.6 Å². The maximum Gasteiger partial charge on any atom is 0.109 e. The number of nitrogens with zero attached hydrogens (tertiary/aromatic N) is 3. The molecule has 0 spiro atoms. The maximum atomic E-state index is 4.74. The molecule has 0 saturated heterocycles. The van der Waals surface area contributed by atoms with Crippen molar-refractivity contribution in [2.75, 3.05) is 0 Å². The highest BCUT2D eigenvalue weighted by Gasteiger charge is 2.23. The van der Waals surface area contributed by atoms with Crippen LogP contribution in [0, 0.1) is 11.8 Å². The maximum absolute atomic E-state index is 4.74. The number of imidazole rings is 1. The van der Waals surface area contributed by atoms with E-state index < -0.39 is 0 Å². The van der Waals surface area contributed by atoms with Crippen molar-refractivity contribution in [2.45, 2.75) is 218 Å². The molecule has 5 aromatic carbocycles. The Morgan fingerprint density at radius 1 is 0.359 bits per heavy atom. The first-order valence-electron chi connectivity index (χ1n) is 29.5. The second-order valence-electron chi connectivity index (χ2n) is 27.6. The van der Waals surface area contributed by atoms with Gasteiger partial charge in [0.2, 0.25) is 0 Å². The topological polar surface area (TPSA) is 85.0 Å². The molecule has 0 amide bonds. The van der Waals surface area contributed by atoms with Crippen molar-refractivity contribution in [1.82, 2.24) is 19.9 Å². The van der Waals surface area contributed by atoms with E-state index in [1.165, 1.54) is 94.9 Å². The van der Waals surface area contributed by atoms with E-state index in [1.54, 1.807) is 0 Å². The van der Waals surface area contributed by atoms with Crippen LogP contribution < -0.4 is 0 Å². The number of H-pyrrole nitrogens is 3. The Kier molecular flexibility index (Phi) is 19.6. The molecule has 3 aromatic heterocycles. The summed E-state index contributed by atoms with van der Waals surface area (Å²) in [4.78, 5) is 24.4. The van der Waals surface area contributed by atoms with Gasteiger partial charge in [-0.05, 0) is 150 Å². The van der Waals surface area contributed by atoms with Gasteiger partial charge in [-0.1, -0.05) is 214 Å². The number of rotatable bonds is 7. The molecule has 10 rings (SSSR count). The van der Waals surface area contributed by atoms with E-state index >= 15 is 0 Å². The van der Waals surface area contributed by atoms with Crippen LogP contribution in [0.15, 0.2) is 113 Å². The molecular weight excluding hydrogens is 949 g/mol. The number of aromatic nitrogens is 4. The fourth-order valence-electron chi connectivity index (χ4n) is 9.46. The monoisotopic (exact) mass is 1050 g/mol. The average Bonchev–Trinajstić information content (AvgIpc) is 4.22. The van der Waals surface area contributed by atoms with Gasteiger partial charge >= 0.3 is 0 Å². The molecule has 0 bridgehead atoms. The molecular formula is C72H100N6. The van der Waals surface area contributed by atoms with Crippen molar-refractivity contribution in [2.24, 2.45) is 21.8 Å². The van der Waals surface area contributed by atoms with E-state index in [0.29, 0.717) is 41.4 Å². The Morgan fingerprint density at radius 2 is 0.744 bits per heavy atom. The zero-order chi connectivity index (χ0) is 57.8. The lowest BCUT2D eigenvalue weighted by molar-refractivity contribution is 0.590. The van der Waals surface area contributed by atoms with Crippen molar-refractivity contribution in [3.8, 4) is 0 Å². The Balaban J connectivity index is 0.000000158. The molecule has 0 radical (unpaired) electrons. The molecule has 3 N–H and O–H groups in total. The second kappa shape index (κ2) is 25.0. The summed E-state index contributed by atoms with van der Waals surface area (Å²) in [6.07, 6.45) is 2.08. The number of nitrogens with one attached hydrogen (secondary N) is 3. The van der Waals surface area contributed by atoms with Gasteiger partial charge in [0, 0.05) is 52.6 Å². The number of aromatic amines is 3. The van der Waals surface area contributed by atoms with Crippen LogP contribution in [0.5, 0.6) is 0 Å². The zero-order valence-corrected chi connectivity index (χ0v) is 52.6. The highest BCUT2D eigenvalue weighted by atomic mass is 14.9. The minimum atomic E-state index is 0.192. The molecule has 78 heavy (non-hydrogen) atoms. The number of aliphatic imine (C=N–C) groups is 2. The molecule has 0 unspecified atom stereocenters.